The highest BCUT2D eigenvalue weighted by Gasteiger charge is 2.19. The van der Waals surface area contributed by atoms with Crippen LogP contribution in [-0.2, 0) is 6.54 Å². The quantitative estimate of drug-likeness (QED) is 0.780. The Bertz CT molecular complexity index is 771. The van der Waals surface area contributed by atoms with Crippen LogP contribution in [0.4, 0.5) is 0 Å². The maximum absolute atomic E-state index is 12.2. The Morgan fingerprint density at radius 2 is 1.61 bits per heavy atom. The van der Waals surface area contributed by atoms with Crippen LogP contribution in [0.3, 0.4) is 0 Å². The van der Waals surface area contributed by atoms with Gasteiger partial charge in [0.2, 0.25) is 0 Å². The molecule has 0 heterocycles. The standard InChI is InChI=1S/C16H12ClNO5/c17-12-3-1-2-11(16(22)23)13(12)14(19)18-8-9-4-6-10(7-5-9)15(20)21/h1-7H,8H2,(H,18,19)(H,20,21)(H,22,23). The van der Waals surface area contributed by atoms with Crippen molar-refractivity contribution < 1.29 is 24.6 Å². The topological polar surface area (TPSA) is 104 Å². The second kappa shape index (κ2) is 6.93. The minimum atomic E-state index is -1.25. The Morgan fingerprint density at radius 1 is 0.957 bits per heavy atom. The highest BCUT2D eigenvalue weighted by molar-refractivity contribution is 6.34. The van der Waals surface area contributed by atoms with E-state index in [-0.39, 0.29) is 28.3 Å². The van der Waals surface area contributed by atoms with E-state index in [1.54, 1.807) is 12.1 Å². The van der Waals surface area contributed by atoms with Crippen LogP contribution in [0, 0.1) is 0 Å². The Balaban J connectivity index is 2.14. The first-order valence-electron chi connectivity index (χ1n) is 6.52. The molecule has 0 atom stereocenters. The highest BCUT2D eigenvalue weighted by atomic mass is 35.5. The lowest BCUT2D eigenvalue weighted by Crippen LogP contribution is -2.25. The van der Waals surface area contributed by atoms with E-state index in [4.69, 9.17) is 21.8 Å². The van der Waals surface area contributed by atoms with E-state index >= 15 is 0 Å². The number of carbonyl (C=O) groups excluding carboxylic acids is 1. The van der Waals surface area contributed by atoms with E-state index in [0.717, 1.165) is 0 Å². The number of hydrogen-bond donors (Lipinski definition) is 3. The third-order valence-corrected chi connectivity index (χ3v) is 3.44. The molecule has 0 bridgehead atoms. The normalized spacial score (nSPS) is 10.1. The average Bonchev–Trinajstić information content (AvgIpc) is 2.52. The van der Waals surface area contributed by atoms with E-state index < -0.39 is 17.8 Å². The van der Waals surface area contributed by atoms with Gasteiger partial charge in [-0.05, 0) is 29.8 Å². The highest BCUT2D eigenvalue weighted by Crippen LogP contribution is 2.20. The van der Waals surface area contributed by atoms with E-state index in [1.807, 2.05) is 0 Å². The van der Waals surface area contributed by atoms with Gasteiger partial charge in [-0.15, -0.1) is 0 Å². The third-order valence-electron chi connectivity index (χ3n) is 3.13. The zero-order valence-electron chi connectivity index (χ0n) is 11.7. The molecule has 2 rings (SSSR count). The van der Waals surface area contributed by atoms with Gasteiger partial charge in [0.05, 0.1) is 21.7 Å². The number of amides is 1. The van der Waals surface area contributed by atoms with E-state index in [9.17, 15) is 14.4 Å². The lowest BCUT2D eigenvalue weighted by molar-refractivity contribution is 0.0684. The lowest BCUT2D eigenvalue weighted by atomic mass is 10.1. The molecule has 0 fully saturated rings. The molecule has 118 valence electrons. The van der Waals surface area contributed by atoms with E-state index in [1.165, 1.54) is 30.3 Å². The summed E-state index contributed by atoms with van der Waals surface area (Å²) in [6.07, 6.45) is 0. The minimum Gasteiger partial charge on any atom is -0.478 e. The molecule has 2 aromatic rings. The van der Waals surface area contributed by atoms with Crippen LogP contribution in [0.1, 0.15) is 36.6 Å². The van der Waals surface area contributed by atoms with Crippen molar-refractivity contribution in [3.05, 3.63) is 69.7 Å². The summed E-state index contributed by atoms with van der Waals surface area (Å²) in [4.78, 5) is 34.1. The predicted molar refractivity (Wildman–Crippen MR) is 83.0 cm³/mol. The van der Waals surface area contributed by atoms with E-state index in [2.05, 4.69) is 5.32 Å². The summed E-state index contributed by atoms with van der Waals surface area (Å²) in [5.41, 5.74) is 0.520. The molecule has 0 aromatic heterocycles. The number of aromatic carboxylic acids is 2. The van der Waals surface area contributed by atoms with Crippen LogP contribution in [0.25, 0.3) is 0 Å². The molecular formula is C16H12ClNO5. The molecule has 2 aromatic carbocycles. The van der Waals surface area contributed by atoms with Crippen LogP contribution >= 0.6 is 11.6 Å². The maximum atomic E-state index is 12.2. The molecule has 0 saturated heterocycles. The first-order valence-corrected chi connectivity index (χ1v) is 6.90. The number of carbonyl (C=O) groups is 3. The molecule has 0 aliphatic heterocycles. The second-order valence-electron chi connectivity index (χ2n) is 4.65. The first kappa shape index (κ1) is 16.5. The molecule has 1 amide bonds. The second-order valence-corrected chi connectivity index (χ2v) is 5.06. The molecule has 0 aliphatic rings. The molecule has 0 spiro atoms. The van der Waals surface area contributed by atoms with Crippen LogP contribution in [0.2, 0.25) is 5.02 Å². The van der Waals surface area contributed by atoms with Crippen molar-refractivity contribution in [1.29, 1.82) is 0 Å². The van der Waals surface area contributed by atoms with Crippen molar-refractivity contribution in [3.8, 4) is 0 Å². The predicted octanol–water partition coefficient (Wildman–Crippen LogP) is 2.67. The molecule has 0 unspecified atom stereocenters. The molecule has 3 N–H and O–H groups in total. The maximum Gasteiger partial charge on any atom is 0.336 e. The summed E-state index contributed by atoms with van der Waals surface area (Å²) in [5, 5.41) is 20.5. The van der Waals surface area contributed by atoms with Crippen LogP contribution in [0.15, 0.2) is 42.5 Å². The van der Waals surface area contributed by atoms with Crippen molar-refractivity contribution >= 4 is 29.4 Å². The summed E-state index contributed by atoms with van der Waals surface area (Å²) >= 11 is 5.92. The smallest absolute Gasteiger partial charge is 0.336 e. The van der Waals surface area contributed by atoms with Gasteiger partial charge in [-0.3, -0.25) is 4.79 Å². The average molecular weight is 334 g/mol. The number of benzene rings is 2. The Kier molecular flexibility index (Phi) is 4.98. The van der Waals surface area contributed by atoms with Gasteiger partial charge in [-0.25, -0.2) is 9.59 Å². The lowest BCUT2D eigenvalue weighted by Gasteiger charge is -2.09. The largest absolute Gasteiger partial charge is 0.478 e. The summed E-state index contributed by atoms with van der Waals surface area (Å²) < 4.78 is 0. The summed E-state index contributed by atoms with van der Waals surface area (Å²) in [6, 6.07) is 10.1. The van der Waals surface area contributed by atoms with Gasteiger partial charge in [0.1, 0.15) is 0 Å². The molecule has 23 heavy (non-hydrogen) atoms. The molecule has 0 saturated carbocycles. The van der Waals surface area contributed by atoms with Crippen LogP contribution in [0.5, 0.6) is 0 Å². The Morgan fingerprint density at radius 3 is 2.17 bits per heavy atom. The zero-order valence-corrected chi connectivity index (χ0v) is 12.5. The van der Waals surface area contributed by atoms with Crippen molar-refractivity contribution in [2.75, 3.05) is 0 Å². The fraction of sp³-hybridized carbons (Fsp3) is 0.0625. The number of hydrogen-bond acceptors (Lipinski definition) is 3. The van der Waals surface area contributed by atoms with Crippen molar-refractivity contribution in [1.82, 2.24) is 5.32 Å². The number of carboxylic acids is 2. The van der Waals surface area contributed by atoms with Gasteiger partial charge in [0, 0.05) is 6.54 Å². The van der Waals surface area contributed by atoms with Gasteiger partial charge in [0.15, 0.2) is 0 Å². The van der Waals surface area contributed by atoms with Gasteiger partial charge < -0.3 is 15.5 Å². The van der Waals surface area contributed by atoms with Gasteiger partial charge in [-0.1, -0.05) is 29.8 Å². The van der Waals surface area contributed by atoms with Crippen LogP contribution < -0.4 is 5.32 Å². The molecule has 0 aliphatic carbocycles. The minimum absolute atomic E-state index is 0.0450. The fourth-order valence-corrected chi connectivity index (χ4v) is 2.23. The Hall–Kier alpha value is -2.86. The van der Waals surface area contributed by atoms with Gasteiger partial charge in [0.25, 0.3) is 5.91 Å². The summed E-state index contributed by atoms with van der Waals surface area (Å²) in [6.45, 7) is 0.114. The number of nitrogens with one attached hydrogen (secondary N) is 1. The zero-order chi connectivity index (χ0) is 17.0. The summed E-state index contributed by atoms with van der Waals surface area (Å²) in [5.74, 6) is -2.90. The monoisotopic (exact) mass is 333 g/mol. The third kappa shape index (κ3) is 3.87. The number of carboxylic acid groups (broad SMARTS) is 2. The number of rotatable bonds is 5. The van der Waals surface area contributed by atoms with Gasteiger partial charge >= 0.3 is 11.9 Å². The van der Waals surface area contributed by atoms with Crippen LogP contribution in [-0.4, -0.2) is 28.1 Å². The molecule has 7 heteroatoms. The van der Waals surface area contributed by atoms with Crippen molar-refractivity contribution in [2.24, 2.45) is 0 Å². The Labute approximate surface area is 136 Å². The fourth-order valence-electron chi connectivity index (χ4n) is 1.97. The molecular weight excluding hydrogens is 322 g/mol. The first-order chi connectivity index (χ1) is 10.9. The van der Waals surface area contributed by atoms with Gasteiger partial charge in [-0.2, -0.15) is 0 Å². The molecule has 0 radical (unpaired) electrons. The number of halogens is 1. The SMILES string of the molecule is O=C(O)c1ccc(CNC(=O)c2c(Cl)cccc2C(=O)O)cc1. The summed E-state index contributed by atoms with van der Waals surface area (Å²) in [7, 11) is 0. The van der Waals surface area contributed by atoms with Crippen molar-refractivity contribution in [3.63, 3.8) is 0 Å². The van der Waals surface area contributed by atoms with E-state index in [0.29, 0.717) is 5.56 Å². The van der Waals surface area contributed by atoms with Crippen molar-refractivity contribution in [2.45, 2.75) is 6.54 Å². The molecule has 6 nitrogen and oxygen atoms in total.